The van der Waals surface area contributed by atoms with Crippen molar-refractivity contribution in [3.63, 3.8) is 0 Å². The molecule has 0 fully saturated rings. The van der Waals surface area contributed by atoms with E-state index in [2.05, 4.69) is 29.9 Å². The van der Waals surface area contributed by atoms with Gasteiger partial charge in [-0.15, -0.1) is 0 Å². The first-order valence-electron chi connectivity index (χ1n) is 44.0. The number of H-pyrrole nitrogens is 6. The van der Waals surface area contributed by atoms with E-state index in [1.54, 1.807) is 41.5 Å². The van der Waals surface area contributed by atoms with Crippen molar-refractivity contribution >= 4 is 169 Å². The topological polar surface area (TPSA) is 534 Å². The van der Waals surface area contributed by atoms with Crippen molar-refractivity contribution < 1.29 is 124 Å². The predicted octanol–water partition coefficient (Wildman–Crippen LogP) is 10.3. The van der Waals surface area contributed by atoms with Crippen molar-refractivity contribution in [1.82, 2.24) is 59.8 Å². The molecule has 15 heterocycles. The van der Waals surface area contributed by atoms with Gasteiger partial charge in [0.1, 0.15) is 0 Å². The van der Waals surface area contributed by atoms with Gasteiger partial charge in [0, 0.05) is 135 Å². The molecule has 134 heavy (non-hydrogen) atoms. The van der Waals surface area contributed by atoms with Crippen LogP contribution in [0.2, 0.25) is 0 Å². The van der Waals surface area contributed by atoms with E-state index in [1.807, 2.05) is 156 Å². The van der Waals surface area contributed by atoms with E-state index in [1.165, 1.54) is 0 Å². The molecule has 6 aliphatic rings. The van der Waals surface area contributed by atoms with Gasteiger partial charge in [-0.2, -0.15) is 0 Å². The Hall–Kier alpha value is -12.6. The van der Waals surface area contributed by atoms with Crippen LogP contribution in [0.5, 0.6) is 0 Å². The van der Waals surface area contributed by atoms with Crippen molar-refractivity contribution in [1.29, 1.82) is 0 Å². The normalized spacial score (nSPS) is 14.5. The summed E-state index contributed by atoms with van der Waals surface area (Å²) in [6.07, 6.45) is -4.69. The number of aliphatic hydroxyl groups excluding tert-OH is 6. The summed E-state index contributed by atoms with van der Waals surface area (Å²) in [5, 5.41) is 133. The van der Waals surface area contributed by atoms with Gasteiger partial charge in [-0.3, -0.25) is 0 Å². The molecule has 0 amide bonds. The van der Waals surface area contributed by atoms with Crippen LogP contribution >= 0.6 is 0 Å². The molecule has 6 unspecified atom stereocenters. The van der Waals surface area contributed by atoms with Crippen molar-refractivity contribution in [2.75, 3.05) is 0 Å². The van der Waals surface area contributed by atoms with E-state index in [0.29, 0.717) is 151 Å². The number of carboxylic acids is 6. The Morgan fingerprint density at radius 3 is 0.619 bits per heavy atom. The third-order valence-corrected chi connectivity index (χ3v) is 25.9. The number of aryl methyl sites for hydroxylation is 9. The van der Waals surface area contributed by atoms with Gasteiger partial charge < -0.3 is 120 Å². The number of rotatable bonds is 24. The minimum Gasteiger partial charge on any atom is -0.550 e. The number of nitrogens with zero attached hydrogens (tertiary/aromatic N) is 6. The van der Waals surface area contributed by atoms with Gasteiger partial charge in [0.15, 0.2) is 0 Å². The molecule has 32 heteroatoms. The smallest absolute Gasteiger partial charge is 0.550 e. The average Bonchev–Trinajstić information content (AvgIpc) is 1.62. The second-order valence-electron chi connectivity index (χ2n) is 34.9. The van der Waals surface area contributed by atoms with E-state index in [0.717, 1.165) is 117 Å². The van der Waals surface area contributed by atoms with Crippen molar-refractivity contribution in [3.05, 3.63) is 208 Å². The Kier molecular flexibility index (Phi) is 31.6. The van der Waals surface area contributed by atoms with Crippen LogP contribution in [0.3, 0.4) is 0 Å². The molecule has 24 bridgehead atoms. The Balaban J connectivity index is 0.000000192. The number of aliphatic carboxylic acids is 6. The molecular weight excluding hydrogens is 1790 g/mol. The summed E-state index contributed by atoms with van der Waals surface area (Å²) < 4.78 is 0. The molecule has 2 radical (unpaired) electrons. The summed E-state index contributed by atoms with van der Waals surface area (Å²) in [7, 11) is 0. The summed E-state index contributed by atoms with van der Waals surface area (Å²) in [5.74, 6) is -7.02. The summed E-state index contributed by atoms with van der Waals surface area (Å²) in [6, 6.07) is 22.2. The van der Waals surface area contributed by atoms with Crippen LogP contribution in [0.1, 0.15) is 294 Å². The fourth-order valence-corrected chi connectivity index (χ4v) is 18.9. The summed E-state index contributed by atoms with van der Waals surface area (Å²) in [5.41, 5.74) is 33.8. The first-order valence-corrected chi connectivity index (χ1v) is 44.0. The van der Waals surface area contributed by atoms with Gasteiger partial charge in [0.05, 0.1) is 105 Å². The number of aromatic nitrogens is 12. The number of allylic oxidation sites excluding steroid dienone is 9. The van der Waals surface area contributed by atoms with Gasteiger partial charge >= 0.3 is 34.1 Å². The van der Waals surface area contributed by atoms with E-state index in [-0.39, 0.29) is 111 Å². The molecule has 15 rings (SSSR count). The number of hydrogen-bond donors (Lipinski definition) is 12. The molecule has 0 aliphatic carbocycles. The van der Waals surface area contributed by atoms with Crippen LogP contribution in [0.4, 0.5) is 0 Å². The number of aromatic amines is 6. The minimum atomic E-state index is -1.17. The van der Waals surface area contributed by atoms with Gasteiger partial charge in [0.25, 0.3) is 0 Å². The molecule has 12 N–H and O–H groups in total. The Morgan fingerprint density at radius 1 is 0.239 bits per heavy atom. The van der Waals surface area contributed by atoms with Crippen LogP contribution in [0.15, 0.2) is 72.8 Å². The fourth-order valence-electron chi connectivity index (χ4n) is 18.9. The summed E-state index contributed by atoms with van der Waals surface area (Å²) >= 11 is 0. The van der Waals surface area contributed by atoms with Gasteiger partial charge in [0.2, 0.25) is 0 Å². The zero-order valence-electron chi connectivity index (χ0n) is 77.9. The summed E-state index contributed by atoms with van der Waals surface area (Å²) in [4.78, 5) is 119. The minimum absolute atomic E-state index is 0. The van der Waals surface area contributed by atoms with E-state index < -0.39 is 72.4 Å². The molecule has 30 nitrogen and oxygen atoms in total. The maximum Gasteiger partial charge on any atom is 3.00 e. The van der Waals surface area contributed by atoms with Gasteiger partial charge in [-0.25, -0.2) is 29.9 Å². The van der Waals surface area contributed by atoms with Crippen LogP contribution in [0, 0.1) is 41.5 Å². The zero-order valence-corrected chi connectivity index (χ0v) is 80.1. The number of fused-ring (bicyclic) bond motifs is 24. The zero-order chi connectivity index (χ0) is 96.1. The van der Waals surface area contributed by atoms with Crippen LogP contribution in [-0.4, -0.2) is 145 Å². The number of carboxylic acid groups (broad SMARTS) is 6. The molecule has 0 spiro atoms. The number of hydrogen-bond acceptors (Lipinski definition) is 24. The first kappa shape index (κ1) is 102. The van der Waals surface area contributed by atoms with Crippen LogP contribution in [-0.2, 0) is 82.2 Å². The molecule has 0 saturated heterocycles. The Labute approximate surface area is 794 Å². The number of nitrogens with one attached hydrogen (secondary N) is 6. The second kappa shape index (κ2) is 41.5. The standard InChI is InChI=1S/3C34H38N4O6.2Fe/c3*1-15-21(7-9-31(41)42)27-14-28-22(8-10-32(43)44)16(2)24(36-28)12-29-34(20(6)40)18(4)26(38-29)13-30-33(19(5)39)17(3)25(37-30)11-23(15)35-27;;/h3*11-14,19-20,36-37,39-40H,7-10H2,1-6H3,(H,41,42)(H,43,44);;/q;;;2*+3/p-6. The molecule has 0 saturated carbocycles. The van der Waals surface area contributed by atoms with Crippen molar-refractivity contribution in [3.8, 4) is 0 Å². The number of carbonyl (C=O) groups is 6. The van der Waals surface area contributed by atoms with Crippen LogP contribution < -0.4 is 30.6 Å². The van der Waals surface area contributed by atoms with Crippen molar-refractivity contribution in [2.45, 2.75) is 238 Å². The first-order chi connectivity index (χ1) is 62.3. The van der Waals surface area contributed by atoms with Crippen LogP contribution in [0.25, 0.3) is 133 Å². The van der Waals surface area contributed by atoms with Gasteiger partial charge in [-0.1, -0.05) is 0 Å². The number of carbonyl (C=O) groups excluding carboxylic acids is 6. The third kappa shape index (κ3) is 21.1. The third-order valence-electron chi connectivity index (χ3n) is 25.9. The maximum atomic E-state index is 11.4. The summed E-state index contributed by atoms with van der Waals surface area (Å²) in [6.45, 7) is 32.9. The Bertz CT molecular complexity index is 6450. The molecule has 9 aromatic heterocycles. The number of aliphatic hydroxyl groups is 6. The molecular formula is C102H108Fe2N12O18. The van der Waals surface area contributed by atoms with Gasteiger partial charge in [-0.05, 0) is 375 Å². The largest absolute Gasteiger partial charge is 3.00 e. The monoisotopic (exact) mass is 1900 g/mol. The molecule has 6 atom stereocenters. The predicted molar refractivity (Wildman–Crippen MR) is 496 cm³/mol. The van der Waals surface area contributed by atoms with Crippen molar-refractivity contribution in [2.24, 2.45) is 0 Å². The van der Waals surface area contributed by atoms with E-state index >= 15 is 0 Å². The van der Waals surface area contributed by atoms with E-state index in [9.17, 15) is 90.0 Å². The second-order valence-corrected chi connectivity index (χ2v) is 34.9. The quantitative estimate of drug-likeness (QED) is 0.0250. The molecule has 0 aromatic carbocycles. The average molecular weight is 1900 g/mol. The molecule has 700 valence electrons. The van der Waals surface area contributed by atoms with E-state index in [4.69, 9.17) is 29.9 Å². The molecule has 6 aliphatic heterocycles. The fraction of sp³-hybridized carbons (Fsp3) is 0.353. The molecule has 9 aromatic rings. The SMILES string of the molecule is CC1=C(CCC(=O)[O-])c2cc3[nH]c(cc4nc(cc5[nH]c(cc1n2)c(C)c5C(C)O)C(C)=C4C(C)O)c(C)c3CCC(=O)[O-].CC1=C(CCC(=O)[O-])c2cc3[nH]c(cc4nc(cc5[nH]c(cc1n2)c(C)c5C(C)O)C(C)=C4C(C)O)c(C)c3CCC(=O)[O-].CC1=C(CCC(=O)[O-])c2cc3[nH]c(cc4nc(cc5[nH]c(cc1n2)c(C)c5C(C)O)C(C)=C4C(C)O)c(C)c3CCC(=O)[O-].[Fe+3].[Fe+3]. The maximum absolute atomic E-state index is 11.4. The Morgan fingerprint density at radius 2 is 0.410 bits per heavy atom.